The quantitative estimate of drug-likeness (QED) is 0.127. The molecule has 1 aliphatic rings. The lowest BCUT2D eigenvalue weighted by Gasteiger charge is -2.29. The maximum Gasteiger partial charge on any atom is 0.416 e. The minimum Gasteiger partial charge on any atom is -0.481 e. The summed E-state index contributed by atoms with van der Waals surface area (Å²) >= 11 is 0. The van der Waals surface area contributed by atoms with E-state index in [9.17, 15) is 36.0 Å². The summed E-state index contributed by atoms with van der Waals surface area (Å²) in [6, 6.07) is 21.4. The van der Waals surface area contributed by atoms with Crippen LogP contribution in [0.5, 0.6) is 17.5 Å². The molecule has 0 aliphatic carbocycles. The third kappa shape index (κ3) is 9.95. The molecule has 0 bridgehead atoms. The van der Waals surface area contributed by atoms with Gasteiger partial charge in [-0.2, -0.15) is 23.1 Å². The lowest BCUT2D eigenvalue weighted by molar-refractivity contribution is -0.137. The third-order valence-electron chi connectivity index (χ3n) is 8.67. The van der Waals surface area contributed by atoms with Crippen molar-refractivity contribution in [3.63, 3.8) is 0 Å². The fourth-order valence-electron chi connectivity index (χ4n) is 5.67. The summed E-state index contributed by atoms with van der Waals surface area (Å²) < 4.78 is 83.5. The molecule has 1 fully saturated rings. The molecule has 1 aliphatic heterocycles. The van der Waals surface area contributed by atoms with E-state index in [0.717, 1.165) is 12.1 Å². The van der Waals surface area contributed by atoms with Gasteiger partial charge in [0, 0.05) is 35.5 Å². The summed E-state index contributed by atoms with van der Waals surface area (Å²) in [6.45, 7) is 5.01. The summed E-state index contributed by atoms with van der Waals surface area (Å²) in [6.07, 6.45) is -3.16. The lowest BCUT2D eigenvalue weighted by atomic mass is 10.0. The number of carbonyl (C=O) groups excluding carboxylic acids is 3. The van der Waals surface area contributed by atoms with E-state index >= 15 is 0 Å². The number of urea groups is 1. The molecule has 1 aromatic heterocycles. The van der Waals surface area contributed by atoms with Crippen LogP contribution in [-0.2, 0) is 25.7 Å². The highest BCUT2D eigenvalue weighted by Gasteiger charge is 2.31. The van der Waals surface area contributed by atoms with Gasteiger partial charge in [0.25, 0.3) is 21.8 Å². The number of anilines is 1. The van der Waals surface area contributed by atoms with Crippen molar-refractivity contribution in [3.8, 4) is 28.9 Å². The van der Waals surface area contributed by atoms with Crippen LogP contribution >= 0.6 is 0 Å². The van der Waals surface area contributed by atoms with E-state index in [2.05, 4.69) is 27.2 Å². The number of methoxy groups -OCH3 is 1. The van der Waals surface area contributed by atoms with Crippen molar-refractivity contribution in [2.45, 2.75) is 17.1 Å². The van der Waals surface area contributed by atoms with E-state index in [1.54, 1.807) is 12.1 Å². The predicted molar refractivity (Wildman–Crippen MR) is 205 cm³/mol. The summed E-state index contributed by atoms with van der Waals surface area (Å²) in [5, 5.41) is 5.43. The van der Waals surface area contributed by atoms with E-state index in [-0.39, 0.29) is 47.4 Å². The molecule has 1 atom stereocenters. The molecule has 4 aromatic carbocycles. The van der Waals surface area contributed by atoms with Crippen LogP contribution in [0.15, 0.2) is 115 Å². The highest BCUT2D eigenvalue weighted by atomic mass is 32.2. The van der Waals surface area contributed by atoms with Crippen LogP contribution < -0.4 is 24.8 Å². The number of sulfonamides is 1. The maximum atomic E-state index is 14.1. The number of carbonyl (C=O) groups is 3. The normalized spacial score (nSPS) is 13.5. The Morgan fingerprint density at radius 1 is 0.897 bits per heavy atom. The van der Waals surface area contributed by atoms with Crippen LogP contribution in [0.4, 0.5) is 23.7 Å². The first-order chi connectivity index (χ1) is 27.7. The van der Waals surface area contributed by atoms with E-state index in [4.69, 9.17) is 14.2 Å². The summed E-state index contributed by atoms with van der Waals surface area (Å²) in [5.74, 6) is -0.980. The number of amides is 4. The number of halogens is 3. The lowest BCUT2D eigenvalue weighted by Crippen LogP contribution is -2.49. The Bertz CT molecular complexity index is 2430. The van der Waals surface area contributed by atoms with Crippen molar-refractivity contribution >= 4 is 39.6 Å². The van der Waals surface area contributed by atoms with Crippen molar-refractivity contribution < 1.29 is 50.2 Å². The highest BCUT2D eigenvalue weighted by Crippen LogP contribution is 2.33. The van der Waals surface area contributed by atoms with Gasteiger partial charge in [-0.1, -0.05) is 61.2 Å². The van der Waals surface area contributed by atoms with Crippen LogP contribution in [0.2, 0.25) is 0 Å². The number of alkyl halides is 3. The van der Waals surface area contributed by atoms with Gasteiger partial charge in [-0.15, -0.1) is 0 Å². The number of benzene rings is 4. The van der Waals surface area contributed by atoms with Crippen molar-refractivity contribution in [1.29, 1.82) is 0 Å². The largest absolute Gasteiger partial charge is 0.481 e. The zero-order chi connectivity index (χ0) is 41.5. The number of hydrogen-bond donors (Lipinski definition) is 3. The van der Waals surface area contributed by atoms with Crippen LogP contribution in [0.3, 0.4) is 0 Å². The first-order valence-corrected chi connectivity index (χ1v) is 18.9. The van der Waals surface area contributed by atoms with Crippen LogP contribution in [0.25, 0.3) is 17.5 Å². The number of nitrogens with one attached hydrogen (secondary N) is 3. The molecule has 18 heteroatoms. The standard InChI is InChI=1S/C40H35F3N6O8S/c1-3-25-12-13-27(23-32(25)57-34-24-33(55-2)45-36(46-34)26-8-5-4-6-9-26)35(47-39(52)49-18-20-56-21-19-49)38(51)44-30-11-7-10-28(22-30)37(50)48-58(53,54)31-16-14-29(15-17-31)40(41,42)43/h3-17,22-24,35H,1,18-21H2,2H3,(H,44,51)(H,47,52)(H,48,50). The zero-order valence-corrected chi connectivity index (χ0v) is 31.5. The molecule has 58 heavy (non-hydrogen) atoms. The summed E-state index contributed by atoms with van der Waals surface area (Å²) in [4.78, 5) is 50.5. The van der Waals surface area contributed by atoms with E-state index in [1.165, 1.54) is 54.5 Å². The highest BCUT2D eigenvalue weighted by molar-refractivity contribution is 7.90. The van der Waals surface area contributed by atoms with Crippen molar-refractivity contribution in [3.05, 3.63) is 132 Å². The first kappa shape index (κ1) is 40.9. The monoisotopic (exact) mass is 816 g/mol. The molecular weight excluding hydrogens is 782 g/mol. The van der Waals surface area contributed by atoms with Crippen molar-refractivity contribution in [2.24, 2.45) is 0 Å². The second kappa shape index (κ2) is 17.6. The van der Waals surface area contributed by atoms with Crippen LogP contribution in [0, 0.1) is 0 Å². The number of hydrogen-bond acceptors (Lipinski definition) is 10. The van der Waals surface area contributed by atoms with Crippen molar-refractivity contribution in [1.82, 2.24) is 24.9 Å². The second-order valence-electron chi connectivity index (χ2n) is 12.6. The molecule has 0 radical (unpaired) electrons. The van der Waals surface area contributed by atoms with Gasteiger partial charge in [0.15, 0.2) is 5.82 Å². The number of nitrogens with zero attached hydrogens (tertiary/aromatic N) is 3. The Labute approximate surface area is 330 Å². The number of aromatic nitrogens is 2. The van der Waals surface area contributed by atoms with Crippen LogP contribution in [0.1, 0.15) is 33.1 Å². The Kier molecular flexibility index (Phi) is 12.4. The molecule has 2 heterocycles. The van der Waals surface area contributed by atoms with E-state index in [0.29, 0.717) is 42.3 Å². The SMILES string of the molecule is C=Cc1ccc(C(NC(=O)N2CCOCC2)C(=O)Nc2cccc(C(=O)NS(=O)(=O)c3ccc(C(F)(F)F)cc3)c2)cc1Oc1cc(OC)nc(-c2ccccc2)n1. The average Bonchev–Trinajstić information content (AvgIpc) is 3.22. The molecular formula is C40H35F3N6O8S. The molecule has 14 nitrogen and oxygen atoms in total. The topological polar surface area (TPSA) is 178 Å². The summed E-state index contributed by atoms with van der Waals surface area (Å²) in [5.41, 5.74) is 0.282. The second-order valence-corrected chi connectivity index (χ2v) is 14.2. The summed E-state index contributed by atoms with van der Waals surface area (Å²) in [7, 11) is -3.13. The Morgan fingerprint density at radius 2 is 1.60 bits per heavy atom. The molecule has 3 N–H and O–H groups in total. The number of rotatable bonds is 12. The van der Waals surface area contributed by atoms with Gasteiger partial charge >= 0.3 is 12.2 Å². The number of morpholine rings is 1. The Balaban J connectivity index is 1.27. The van der Waals surface area contributed by atoms with Gasteiger partial charge in [-0.25, -0.2) is 17.9 Å². The van der Waals surface area contributed by atoms with E-state index < -0.39 is 50.5 Å². The van der Waals surface area contributed by atoms with Gasteiger partial charge in [0.1, 0.15) is 11.8 Å². The molecule has 1 unspecified atom stereocenters. The fourth-order valence-corrected chi connectivity index (χ4v) is 6.65. The molecule has 4 amide bonds. The maximum absolute atomic E-state index is 14.1. The minimum atomic E-state index is -4.69. The minimum absolute atomic E-state index is 0.0518. The van der Waals surface area contributed by atoms with E-state index in [1.807, 2.05) is 35.1 Å². The molecule has 5 aromatic rings. The van der Waals surface area contributed by atoms with Gasteiger partial charge in [-0.3, -0.25) is 9.59 Å². The van der Waals surface area contributed by atoms with Gasteiger partial charge < -0.3 is 29.7 Å². The molecule has 6 rings (SSSR count). The Hall–Kier alpha value is -6.79. The smallest absolute Gasteiger partial charge is 0.416 e. The molecule has 0 spiro atoms. The average molecular weight is 817 g/mol. The van der Waals surface area contributed by atoms with Crippen molar-refractivity contribution in [2.75, 3.05) is 38.7 Å². The van der Waals surface area contributed by atoms with Gasteiger partial charge in [0.2, 0.25) is 11.8 Å². The third-order valence-corrected chi connectivity index (χ3v) is 10.0. The molecule has 300 valence electrons. The number of ether oxygens (including phenoxy) is 3. The zero-order valence-electron chi connectivity index (χ0n) is 30.7. The Morgan fingerprint density at radius 3 is 2.28 bits per heavy atom. The fraction of sp³-hybridized carbons (Fsp3) is 0.175. The van der Waals surface area contributed by atoms with Gasteiger partial charge in [-0.05, 0) is 54.1 Å². The van der Waals surface area contributed by atoms with Gasteiger partial charge in [0.05, 0.1) is 36.8 Å². The molecule has 0 saturated carbocycles. The first-order valence-electron chi connectivity index (χ1n) is 17.5. The van der Waals surface area contributed by atoms with Crippen LogP contribution in [-0.4, -0.2) is 74.5 Å². The predicted octanol–water partition coefficient (Wildman–Crippen LogP) is 6.45. The molecule has 1 saturated heterocycles.